The maximum Gasteiger partial charge on any atom is 0.365 e. The third kappa shape index (κ3) is 3.04. The van der Waals surface area contributed by atoms with E-state index in [-0.39, 0.29) is 11.6 Å². The molecule has 2 rings (SSSR count). The molecular formula is C12H11NO3S. The van der Waals surface area contributed by atoms with Gasteiger partial charge in [0.1, 0.15) is 12.4 Å². The quantitative estimate of drug-likeness (QED) is 0.905. The Kier molecular flexibility index (Phi) is 3.39. The van der Waals surface area contributed by atoms with Crippen LogP contribution in [-0.4, -0.2) is 16.1 Å². The molecule has 1 N–H and O–H groups in total. The molecule has 17 heavy (non-hydrogen) atoms. The van der Waals surface area contributed by atoms with Gasteiger partial charge in [0.15, 0.2) is 0 Å². The molecule has 0 fully saturated rings. The third-order valence-electron chi connectivity index (χ3n) is 2.11. The summed E-state index contributed by atoms with van der Waals surface area (Å²) < 4.78 is 5.52. The molecular weight excluding hydrogens is 238 g/mol. The maximum atomic E-state index is 10.6. The van der Waals surface area contributed by atoms with Crippen LogP contribution in [0.25, 0.3) is 0 Å². The summed E-state index contributed by atoms with van der Waals surface area (Å²) >= 11 is 1.11. The van der Waals surface area contributed by atoms with E-state index in [0.29, 0.717) is 5.69 Å². The van der Waals surface area contributed by atoms with Gasteiger partial charge in [-0.15, -0.1) is 11.3 Å². The topological polar surface area (TPSA) is 59.4 Å². The Morgan fingerprint density at radius 1 is 1.53 bits per heavy atom. The Morgan fingerprint density at radius 3 is 3.00 bits per heavy atom. The number of hydrogen-bond acceptors (Lipinski definition) is 4. The Morgan fingerprint density at radius 2 is 2.35 bits per heavy atom. The van der Waals surface area contributed by atoms with Gasteiger partial charge in [-0.05, 0) is 24.6 Å². The van der Waals surface area contributed by atoms with Crippen LogP contribution in [0, 0.1) is 6.92 Å². The van der Waals surface area contributed by atoms with Gasteiger partial charge in [0.25, 0.3) is 0 Å². The van der Waals surface area contributed by atoms with E-state index in [4.69, 9.17) is 9.84 Å². The fraction of sp³-hybridized carbons (Fsp3) is 0.167. The van der Waals surface area contributed by atoms with Crippen LogP contribution < -0.4 is 4.74 Å². The van der Waals surface area contributed by atoms with E-state index < -0.39 is 5.97 Å². The monoisotopic (exact) mass is 249 g/mol. The van der Waals surface area contributed by atoms with Crippen LogP contribution in [0.5, 0.6) is 5.75 Å². The van der Waals surface area contributed by atoms with Gasteiger partial charge >= 0.3 is 5.97 Å². The molecule has 0 bridgehead atoms. The molecule has 0 unspecified atom stereocenters. The van der Waals surface area contributed by atoms with E-state index in [1.54, 1.807) is 5.38 Å². The van der Waals surface area contributed by atoms with Crippen LogP contribution in [0.3, 0.4) is 0 Å². The minimum absolute atomic E-state index is 0.0906. The maximum absolute atomic E-state index is 10.6. The zero-order chi connectivity index (χ0) is 12.3. The van der Waals surface area contributed by atoms with Gasteiger partial charge in [0.2, 0.25) is 5.01 Å². The van der Waals surface area contributed by atoms with Crippen molar-refractivity contribution in [1.29, 1.82) is 0 Å². The molecule has 0 radical (unpaired) electrons. The summed E-state index contributed by atoms with van der Waals surface area (Å²) in [5, 5.41) is 10.5. The highest BCUT2D eigenvalue weighted by Gasteiger charge is 2.08. The number of benzene rings is 1. The van der Waals surface area contributed by atoms with Gasteiger partial charge in [0, 0.05) is 5.38 Å². The lowest BCUT2D eigenvalue weighted by molar-refractivity contribution is 0.0696. The fourth-order valence-corrected chi connectivity index (χ4v) is 1.97. The van der Waals surface area contributed by atoms with E-state index in [1.807, 2.05) is 31.2 Å². The number of ether oxygens (including phenoxy) is 1. The average Bonchev–Trinajstić information content (AvgIpc) is 2.75. The summed E-state index contributed by atoms with van der Waals surface area (Å²) in [5.41, 5.74) is 1.75. The molecule has 0 aliphatic carbocycles. The number of nitrogens with zero attached hydrogens (tertiary/aromatic N) is 1. The van der Waals surface area contributed by atoms with E-state index in [2.05, 4.69) is 4.98 Å². The number of carbonyl (C=O) groups is 1. The summed E-state index contributed by atoms with van der Waals surface area (Å²) in [6.07, 6.45) is 0. The standard InChI is InChI=1S/C12H11NO3S/c1-8-3-2-4-10(5-8)16-6-9-7-17-11(13-9)12(14)15/h2-5,7H,6H2,1H3,(H,14,15). The van der Waals surface area contributed by atoms with Gasteiger partial charge < -0.3 is 9.84 Å². The summed E-state index contributed by atoms with van der Waals surface area (Å²) in [7, 11) is 0. The second-order valence-electron chi connectivity index (χ2n) is 3.55. The van der Waals surface area contributed by atoms with E-state index in [1.165, 1.54) is 0 Å². The van der Waals surface area contributed by atoms with Crippen molar-refractivity contribution in [3.63, 3.8) is 0 Å². The second kappa shape index (κ2) is 4.97. The number of carboxylic acids is 1. The average molecular weight is 249 g/mol. The molecule has 1 aromatic heterocycles. The molecule has 88 valence electrons. The highest BCUT2D eigenvalue weighted by Crippen LogP contribution is 2.16. The third-order valence-corrected chi connectivity index (χ3v) is 2.99. The normalized spacial score (nSPS) is 10.2. The molecule has 4 nitrogen and oxygen atoms in total. The molecule has 1 aromatic carbocycles. The summed E-state index contributed by atoms with van der Waals surface area (Å²) in [5.74, 6) is -0.244. The van der Waals surface area contributed by atoms with Crippen molar-refractivity contribution < 1.29 is 14.6 Å². The van der Waals surface area contributed by atoms with Gasteiger partial charge in [-0.1, -0.05) is 12.1 Å². The first-order valence-corrected chi connectivity index (χ1v) is 5.90. The lowest BCUT2D eigenvalue weighted by Crippen LogP contribution is -1.99. The van der Waals surface area contributed by atoms with Gasteiger partial charge in [0.05, 0.1) is 5.69 Å². The molecule has 0 atom stereocenters. The van der Waals surface area contributed by atoms with Crippen molar-refractivity contribution in [1.82, 2.24) is 4.98 Å². The Balaban J connectivity index is 2.00. The molecule has 2 aromatic rings. The number of aryl methyl sites for hydroxylation is 1. The van der Waals surface area contributed by atoms with Crippen LogP contribution in [0.1, 0.15) is 21.1 Å². The van der Waals surface area contributed by atoms with Gasteiger partial charge in [-0.2, -0.15) is 0 Å². The molecule has 0 saturated heterocycles. The predicted octanol–water partition coefficient (Wildman–Crippen LogP) is 2.73. The Bertz CT molecular complexity index is 536. The molecule has 0 amide bonds. The smallest absolute Gasteiger partial charge is 0.365 e. The van der Waals surface area contributed by atoms with Crippen molar-refractivity contribution in [2.24, 2.45) is 0 Å². The van der Waals surface area contributed by atoms with Crippen LogP contribution >= 0.6 is 11.3 Å². The SMILES string of the molecule is Cc1cccc(OCc2csc(C(=O)O)n2)c1. The second-order valence-corrected chi connectivity index (χ2v) is 4.41. The Labute approximate surface area is 103 Å². The molecule has 0 spiro atoms. The van der Waals surface area contributed by atoms with Gasteiger partial charge in [-0.25, -0.2) is 9.78 Å². The first-order chi connectivity index (χ1) is 8.15. The first kappa shape index (κ1) is 11.6. The minimum Gasteiger partial charge on any atom is -0.487 e. The summed E-state index contributed by atoms with van der Waals surface area (Å²) in [6.45, 7) is 2.27. The van der Waals surface area contributed by atoms with E-state index in [9.17, 15) is 4.79 Å². The highest BCUT2D eigenvalue weighted by molar-refractivity contribution is 7.11. The minimum atomic E-state index is -1.00. The number of thiazole rings is 1. The van der Waals surface area contributed by atoms with Crippen molar-refractivity contribution >= 4 is 17.3 Å². The largest absolute Gasteiger partial charge is 0.487 e. The molecule has 0 aliphatic heterocycles. The number of aromatic carboxylic acids is 1. The summed E-state index contributed by atoms with van der Waals surface area (Å²) in [6, 6.07) is 7.68. The predicted molar refractivity (Wildman–Crippen MR) is 64.6 cm³/mol. The van der Waals surface area contributed by atoms with Crippen LogP contribution in [0.2, 0.25) is 0 Å². The summed E-state index contributed by atoms with van der Waals surface area (Å²) in [4.78, 5) is 14.6. The van der Waals surface area contributed by atoms with Gasteiger partial charge in [-0.3, -0.25) is 0 Å². The van der Waals surface area contributed by atoms with Crippen LogP contribution in [-0.2, 0) is 6.61 Å². The van der Waals surface area contributed by atoms with Crippen molar-refractivity contribution in [2.45, 2.75) is 13.5 Å². The van der Waals surface area contributed by atoms with Crippen molar-refractivity contribution in [3.05, 3.63) is 45.9 Å². The number of hydrogen-bond donors (Lipinski definition) is 1. The Hall–Kier alpha value is -1.88. The molecule has 5 heteroatoms. The van der Waals surface area contributed by atoms with Crippen LogP contribution in [0.4, 0.5) is 0 Å². The lowest BCUT2D eigenvalue weighted by Gasteiger charge is -2.04. The number of aromatic nitrogens is 1. The highest BCUT2D eigenvalue weighted by atomic mass is 32.1. The lowest BCUT2D eigenvalue weighted by atomic mass is 10.2. The molecule has 1 heterocycles. The van der Waals surface area contributed by atoms with E-state index >= 15 is 0 Å². The fourth-order valence-electron chi connectivity index (χ4n) is 1.33. The number of carboxylic acid groups (broad SMARTS) is 1. The van der Waals surface area contributed by atoms with Crippen molar-refractivity contribution in [2.75, 3.05) is 0 Å². The van der Waals surface area contributed by atoms with Crippen molar-refractivity contribution in [3.8, 4) is 5.75 Å². The van der Waals surface area contributed by atoms with E-state index in [0.717, 1.165) is 22.6 Å². The number of rotatable bonds is 4. The zero-order valence-corrected chi connectivity index (χ0v) is 10.0. The molecule has 0 aliphatic rings. The zero-order valence-electron chi connectivity index (χ0n) is 9.21. The van der Waals surface area contributed by atoms with Crippen LogP contribution in [0.15, 0.2) is 29.6 Å². The molecule has 0 saturated carbocycles. The first-order valence-electron chi connectivity index (χ1n) is 5.02.